The lowest BCUT2D eigenvalue weighted by Gasteiger charge is -2.30. The molecule has 5 nitrogen and oxygen atoms in total. The minimum Gasteiger partial charge on any atom is -0.297 e. The van der Waals surface area contributed by atoms with Crippen LogP contribution in [0.5, 0.6) is 0 Å². The van der Waals surface area contributed by atoms with Crippen molar-refractivity contribution in [2.75, 3.05) is 13.1 Å². The lowest BCUT2D eigenvalue weighted by atomic mass is 9.96. The van der Waals surface area contributed by atoms with Crippen molar-refractivity contribution in [3.63, 3.8) is 0 Å². The molecule has 1 N–H and O–H groups in total. The fraction of sp³-hybridized carbons (Fsp3) is 0.316. The minimum absolute atomic E-state index is 0.468. The number of likely N-dealkylation sites (tertiary alicyclic amines) is 1. The third-order valence-corrected chi connectivity index (χ3v) is 4.62. The SMILES string of the molecule is c1ccc(-c2n[nH]c(C3CCN(Cc4ccccn4)CC3)n2)cc1. The maximum atomic E-state index is 4.72. The normalized spacial score (nSPS) is 16.3. The Morgan fingerprint density at radius 2 is 1.79 bits per heavy atom. The Labute approximate surface area is 141 Å². The predicted molar refractivity (Wildman–Crippen MR) is 93.3 cm³/mol. The summed E-state index contributed by atoms with van der Waals surface area (Å²) in [6, 6.07) is 16.2. The number of pyridine rings is 1. The van der Waals surface area contributed by atoms with Crippen molar-refractivity contribution in [3.8, 4) is 11.4 Å². The number of nitrogens with zero attached hydrogens (tertiary/aromatic N) is 4. The summed E-state index contributed by atoms with van der Waals surface area (Å²) in [4.78, 5) is 11.6. The molecule has 0 atom stereocenters. The van der Waals surface area contributed by atoms with Crippen LogP contribution in [0.1, 0.15) is 30.3 Å². The number of hydrogen-bond donors (Lipinski definition) is 1. The van der Waals surface area contributed by atoms with Crippen molar-refractivity contribution in [1.82, 2.24) is 25.1 Å². The molecule has 5 heteroatoms. The van der Waals surface area contributed by atoms with Gasteiger partial charge in [-0.15, -0.1) is 0 Å². The van der Waals surface area contributed by atoms with E-state index in [2.05, 4.69) is 32.2 Å². The number of rotatable bonds is 4. The van der Waals surface area contributed by atoms with Crippen LogP contribution in [0.2, 0.25) is 0 Å². The summed E-state index contributed by atoms with van der Waals surface area (Å²) in [5, 5.41) is 7.54. The second-order valence-corrected chi connectivity index (χ2v) is 6.28. The van der Waals surface area contributed by atoms with Crippen LogP contribution in [0.4, 0.5) is 0 Å². The maximum Gasteiger partial charge on any atom is 0.181 e. The van der Waals surface area contributed by atoms with Gasteiger partial charge < -0.3 is 0 Å². The second-order valence-electron chi connectivity index (χ2n) is 6.28. The third-order valence-electron chi connectivity index (χ3n) is 4.62. The van der Waals surface area contributed by atoms with Gasteiger partial charge in [-0.25, -0.2) is 4.98 Å². The van der Waals surface area contributed by atoms with Gasteiger partial charge in [-0.2, -0.15) is 5.10 Å². The molecule has 4 rings (SSSR count). The molecule has 0 aliphatic carbocycles. The number of benzene rings is 1. The zero-order valence-electron chi connectivity index (χ0n) is 13.6. The smallest absolute Gasteiger partial charge is 0.181 e. The summed E-state index contributed by atoms with van der Waals surface area (Å²) in [7, 11) is 0. The molecule has 0 amide bonds. The molecule has 0 unspecified atom stereocenters. The number of aromatic amines is 1. The summed E-state index contributed by atoms with van der Waals surface area (Å²) in [6.45, 7) is 3.07. The van der Waals surface area contributed by atoms with Gasteiger partial charge in [-0.3, -0.25) is 15.0 Å². The zero-order chi connectivity index (χ0) is 16.2. The molecule has 1 aromatic carbocycles. The topological polar surface area (TPSA) is 57.7 Å². The van der Waals surface area contributed by atoms with Crippen LogP contribution < -0.4 is 0 Å². The molecule has 1 aliphatic heterocycles. The molecule has 0 bridgehead atoms. The van der Waals surface area contributed by atoms with E-state index < -0.39 is 0 Å². The minimum atomic E-state index is 0.468. The highest BCUT2D eigenvalue weighted by atomic mass is 15.2. The molecule has 1 saturated heterocycles. The molecule has 1 fully saturated rings. The first kappa shape index (κ1) is 15.0. The monoisotopic (exact) mass is 319 g/mol. The summed E-state index contributed by atoms with van der Waals surface area (Å²) in [6.07, 6.45) is 4.08. The van der Waals surface area contributed by atoms with Crippen molar-refractivity contribution < 1.29 is 0 Å². The lowest BCUT2D eigenvalue weighted by Crippen LogP contribution is -2.33. The number of hydrogen-bond acceptors (Lipinski definition) is 4. The number of nitrogens with one attached hydrogen (secondary N) is 1. The molecule has 1 aliphatic rings. The fourth-order valence-electron chi connectivity index (χ4n) is 3.26. The highest BCUT2D eigenvalue weighted by molar-refractivity contribution is 5.53. The fourth-order valence-corrected chi connectivity index (χ4v) is 3.26. The van der Waals surface area contributed by atoms with Gasteiger partial charge >= 0.3 is 0 Å². The first-order chi connectivity index (χ1) is 11.9. The first-order valence-electron chi connectivity index (χ1n) is 8.48. The molecule has 3 heterocycles. The Bertz CT molecular complexity index is 761. The first-order valence-corrected chi connectivity index (χ1v) is 8.48. The predicted octanol–water partition coefficient (Wildman–Crippen LogP) is 3.25. The van der Waals surface area contributed by atoms with E-state index in [1.807, 2.05) is 42.6 Å². The van der Waals surface area contributed by atoms with E-state index >= 15 is 0 Å². The molecule has 0 radical (unpaired) electrons. The van der Waals surface area contributed by atoms with E-state index in [9.17, 15) is 0 Å². The van der Waals surface area contributed by atoms with Crippen molar-refractivity contribution in [3.05, 3.63) is 66.2 Å². The van der Waals surface area contributed by atoms with Gasteiger partial charge in [-0.1, -0.05) is 36.4 Å². The highest BCUT2D eigenvalue weighted by Crippen LogP contribution is 2.27. The van der Waals surface area contributed by atoms with Gasteiger partial charge in [0.2, 0.25) is 0 Å². The summed E-state index contributed by atoms with van der Waals surface area (Å²) >= 11 is 0. The second kappa shape index (κ2) is 6.93. The summed E-state index contributed by atoms with van der Waals surface area (Å²) in [5.74, 6) is 2.28. The van der Waals surface area contributed by atoms with Crippen LogP contribution in [-0.4, -0.2) is 38.2 Å². The van der Waals surface area contributed by atoms with Crippen LogP contribution in [-0.2, 0) is 6.54 Å². The Morgan fingerprint density at radius 3 is 2.54 bits per heavy atom. The summed E-state index contributed by atoms with van der Waals surface area (Å²) in [5.41, 5.74) is 2.20. The Balaban J connectivity index is 1.37. The Morgan fingerprint density at radius 1 is 1.00 bits per heavy atom. The van der Waals surface area contributed by atoms with E-state index in [4.69, 9.17) is 4.98 Å². The van der Waals surface area contributed by atoms with Crippen molar-refractivity contribution in [1.29, 1.82) is 0 Å². The van der Waals surface area contributed by atoms with E-state index in [0.717, 1.165) is 55.4 Å². The maximum absolute atomic E-state index is 4.72. The Kier molecular flexibility index (Phi) is 4.34. The van der Waals surface area contributed by atoms with Crippen molar-refractivity contribution in [2.24, 2.45) is 0 Å². The van der Waals surface area contributed by atoms with Crippen molar-refractivity contribution >= 4 is 0 Å². The standard InChI is InChI=1S/C19H21N5/c1-2-6-15(7-3-1)18-21-19(23-22-18)16-9-12-24(13-10-16)14-17-8-4-5-11-20-17/h1-8,11,16H,9-10,12-14H2,(H,21,22,23). The van der Waals surface area contributed by atoms with Gasteiger partial charge in [0.15, 0.2) is 5.82 Å². The molecular weight excluding hydrogens is 298 g/mol. The third kappa shape index (κ3) is 3.36. The number of aromatic nitrogens is 4. The largest absolute Gasteiger partial charge is 0.297 e. The zero-order valence-corrected chi connectivity index (χ0v) is 13.6. The molecule has 2 aromatic heterocycles. The van der Waals surface area contributed by atoms with E-state index in [-0.39, 0.29) is 0 Å². The van der Waals surface area contributed by atoms with Crippen LogP contribution in [0.3, 0.4) is 0 Å². The van der Waals surface area contributed by atoms with Crippen LogP contribution in [0.25, 0.3) is 11.4 Å². The Hall–Kier alpha value is -2.53. The highest BCUT2D eigenvalue weighted by Gasteiger charge is 2.23. The lowest BCUT2D eigenvalue weighted by molar-refractivity contribution is 0.200. The quantitative estimate of drug-likeness (QED) is 0.802. The summed E-state index contributed by atoms with van der Waals surface area (Å²) < 4.78 is 0. The average Bonchev–Trinajstić information content (AvgIpc) is 3.14. The van der Waals surface area contributed by atoms with Crippen molar-refractivity contribution in [2.45, 2.75) is 25.3 Å². The number of piperidine rings is 1. The van der Waals surface area contributed by atoms with E-state index in [1.54, 1.807) is 0 Å². The molecule has 24 heavy (non-hydrogen) atoms. The van der Waals surface area contributed by atoms with Crippen LogP contribution in [0, 0.1) is 0 Å². The van der Waals surface area contributed by atoms with E-state index in [0.29, 0.717) is 5.92 Å². The molecule has 0 saturated carbocycles. The molecular formula is C19H21N5. The van der Waals surface area contributed by atoms with Gasteiger partial charge in [-0.05, 0) is 38.1 Å². The van der Waals surface area contributed by atoms with Crippen LogP contribution >= 0.6 is 0 Å². The number of H-pyrrole nitrogens is 1. The molecule has 3 aromatic rings. The molecule has 122 valence electrons. The van der Waals surface area contributed by atoms with Gasteiger partial charge in [0.25, 0.3) is 0 Å². The van der Waals surface area contributed by atoms with Gasteiger partial charge in [0.1, 0.15) is 5.82 Å². The van der Waals surface area contributed by atoms with Crippen LogP contribution in [0.15, 0.2) is 54.7 Å². The van der Waals surface area contributed by atoms with Gasteiger partial charge in [0, 0.05) is 24.2 Å². The average molecular weight is 319 g/mol. The molecule has 0 spiro atoms. The van der Waals surface area contributed by atoms with Gasteiger partial charge in [0.05, 0.1) is 5.69 Å². The van der Waals surface area contributed by atoms with E-state index in [1.165, 1.54) is 0 Å².